The van der Waals surface area contributed by atoms with Crippen molar-refractivity contribution in [3.63, 3.8) is 0 Å². The molecule has 5 atom stereocenters. The van der Waals surface area contributed by atoms with Crippen LogP contribution in [-0.4, -0.2) is 132 Å². The van der Waals surface area contributed by atoms with E-state index < -0.39 is 56.0 Å². The molecule has 0 saturated carbocycles. The van der Waals surface area contributed by atoms with Gasteiger partial charge in [-0.1, -0.05) is 60.5 Å². The Morgan fingerprint density at radius 1 is 0.972 bits per heavy atom. The van der Waals surface area contributed by atoms with E-state index in [-0.39, 0.29) is 61.0 Å². The number of H-pyrrole nitrogens is 1. The molecule has 2 aliphatic rings. The second-order valence-corrected chi connectivity index (χ2v) is 18.9. The lowest BCUT2D eigenvalue weighted by molar-refractivity contribution is -0.144. The van der Waals surface area contributed by atoms with Crippen LogP contribution in [0.4, 0.5) is 5.95 Å². The fourth-order valence-corrected chi connectivity index (χ4v) is 10.1. The topological polar surface area (TPSA) is 214 Å². The average Bonchev–Trinajstić information content (AvgIpc) is 3.90. The van der Waals surface area contributed by atoms with E-state index in [2.05, 4.69) is 26.5 Å². The molecule has 7 rings (SSSR count). The number of nitrogens with one attached hydrogen (secondary N) is 2. The number of nitrogens with zero attached hydrogens (tertiary/aromatic N) is 6. The van der Waals surface area contributed by atoms with Gasteiger partial charge in [0.25, 0.3) is 14.1 Å². The number of aliphatic imine (C=N–C) groups is 1. The highest BCUT2D eigenvalue weighted by Gasteiger charge is 2.46. The van der Waals surface area contributed by atoms with Gasteiger partial charge in [0, 0.05) is 52.5 Å². The zero-order valence-corrected chi connectivity index (χ0v) is 42.3. The van der Waals surface area contributed by atoms with Crippen molar-refractivity contribution in [1.29, 1.82) is 5.41 Å². The van der Waals surface area contributed by atoms with Crippen molar-refractivity contribution >= 4 is 49.5 Å². The van der Waals surface area contributed by atoms with E-state index in [0.29, 0.717) is 30.2 Å². The summed E-state index contributed by atoms with van der Waals surface area (Å²) in [5.74, 6) is 5.50. The van der Waals surface area contributed by atoms with Crippen molar-refractivity contribution in [1.82, 2.24) is 29.3 Å². The summed E-state index contributed by atoms with van der Waals surface area (Å²) < 4.78 is 53.2. The van der Waals surface area contributed by atoms with Gasteiger partial charge in [-0.25, -0.2) is 14.3 Å². The second-order valence-electron chi connectivity index (χ2n) is 17.5. The molecular weight excluding hydrogens is 932 g/mol. The lowest BCUT2D eigenvalue weighted by Crippen LogP contribution is -2.41. The summed E-state index contributed by atoms with van der Waals surface area (Å²) in [7, 11) is 5.06. The monoisotopic (exact) mass is 992 g/mol. The van der Waals surface area contributed by atoms with Crippen molar-refractivity contribution in [2.45, 2.75) is 83.6 Å². The molecule has 0 radical (unpaired) electrons. The van der Waals surface area contributed by atoms with Gasteiger partial charge < -0.3 is 47.8 Å². The first kappa shape index (κ1) is 52.3. The summed E-state index contributed by atoms with van der Waals surface area (Å²) in [5.41, 5.74) is 1.41. The Kier molecular flexibility index (Phi) is 17.4. The fraction of sp³-hybridized carbons (Fsp3) is 0.431. The number of aromatic nitrogens is 4. The van der Waals surface area contributed by atoms with Crippen LogP contribution >= 0.6 is 8.53 Å². The van der Waals surface area contributed by atoms with Crippen LogP contribution in [0.3, 0.4) is 0 Å². The van der Waals surface area contributed by atoms with Gasteiger partial charge in [0.2, 0.25) is 5.95 Å². The van der Waals surface area contributed by atoms with Crippen molar-refractivity contribution in [3.8, 4) is 23.3 Å². The Morgan fingerprint density at radius 2 is 1.58 bits per heavy atom. The van der Waals surface area contributed by atoms with Crippen LogP contribution in [0.1, 0.15) is 76.1 Å². The molecule has 19 nitrogen and oxygen atoms in total. The molecule has 4 heterocycles. The zero-order chi connectivity index (χ0) is 50.8. The summed E-state index contributed by atoms with van der Waals surface area (Å²) >= 11 is 0. The molecule has 2 saturated heterocycles. The minimum absolute atomic E-state index is 0.0103. The number of fused-ring (bicyclic) bond motifs is 1. The third kappa shape index (κ3) is 12.3. The van der Waals surface area contributed by atoms with Gasteiger partial charge >= 0.3 is 11.9 Å². The summed E-state index contributed by atoms with van der Waals surface area (Å²) in [6, 6.07) is 25.1. The number of esters is 2. The number of aromatic amines is 1. The number of carbonyl (C=O) groups is 2. The molecule has 5 aromatic rings. The van der Waals surface area contributed by atoms with E-state index >= 15 is 0 Å². The first-order valence-electron chi connectivity index (χ1n) is 23.2. The number of hydrogen-bond donors (Lipinski definition) is 2. The Balaban J connectivity index is 1.36. The van der Waals surface area contributed by atoms with Crippen LogP contribution in [0.25, 0.3) is 11.0 Å². The van der Waals surface area contributed by atoms with Crippen LogP contribution < -0.4 is 15.0 Å². The smallest absolute Gasteiger partial charge is 0.302 e. The van der Waals surface area contributed by atoms with E-state index in [0.717, 1.165) is 16.7 Å². The minimum Gasteiger partial charge on any atom is -0.497 e. The molecule has 0 aliphatic carbocycles. The van der Waals surface area contributed by atoms with Gasteiger partial charge in [-0.2, -0.15) is 10.1 Å². The molecule has 20 heteroatoms. The quantitative estimate of drug-likeness (QED) is 0.0228. The molecule has 0 amide bonds. The van der Waals surface area contributed by atoms with E-state index in [1.807, 2.05) is 99.6 Å². The lowest BCUT2D eigenvalue weighted by Gasteiger charge is -2.38. The van der Waals surface area contributed by atoms with Crippen molar-refractivity contribution in [2.24, 2.45) is 10.9 Å². The Morgan fingerprint density at radius 3 is 2.14 bits per heavy atom. The van der Waals surface area contributed by atoms with Crippen molar-refractivity contribution in [2.75, 3.05) is 54.7 Å². The van der Waals surface area contributed by atoms with Crippen LogP contribution in [-0.2, 0) is 43.2 Å². The van der Waals surface area contributed by atoms with Gasteiger partial charge in [-0.05, 0) is 67.6 Å². The molecule has 2 fully saturated rings. The molecule has 3 aromatic carbocycles. The number of benzene rings is 3. The predicted octanol–water partition coefficient (Wildman–Crippen LogP) is 6.90. The zero-order valence-electron chi connectivity index (χ0n) is 41.4. The molecule has 71 heavy (non-hydrogen) atoms. The maximum Gasteiger partial charge on any atom is 0.302 e. The molecular formula is C51H61N8O11P. The van der Waals surface area contributed by atoms with Gasteiger partial charge in [-0.3, -0.25) is 19.4 Å². The van der Waals surface area contributed by atoms with Crippen LogP contribution in [0.15, 0.2) is 88.6 Å². The summed E-state index contributed by atoms with van der Waals surface area (Å²) in [4.78, 5) is 51.2. The molecule has 2 aliphatic heterocycles. The van der Waals surface area contributed by atoms with Crippen molar-refractivity contribution in [3.05, 3.63) is 112 Å². The number of ether oxygens (including phenoxy) is 6. The Bertz CT molecular complexity index is 2730. The normalized spacial score (nSPS) is 19.7. The van der Waals surface area contributed by atoms with Crippen LogP contribution in [0.2, 0.25) is 0 Å². The minimum atomic E-state index is -1.74. The van der Waals surface area contributed by atoms with E-state index in [4.69, 9.17) is 53.0 Å². The highest BCUT2D eigenvalue weighted by molar-refractivity contribution is 7.44. The largest absolute Gasteiger partial charge is 0.497 e. The van der Waals surface area contributed by atoms with Crippen LogP contribution in [0, 0.1) is 23.2 Å². The average molecular weight is 993 g/mol. The molecule has 0 spiro atoms. The number of carbonyl (C=O) groups excluding carboxylic acids is 2. The predicted molar refractivity (Wildman–Crippen MR) is 267 cm³/mol. The van der Waals surface area contributed by atoms with Gasteiger partial charge in [-0.15, -0.1) is 0 Å². The van der Waals surface area contributed by atoms with E-state index in [9.17, 15) is 14.4 Å². The maximum atomic E-state index is 14.1. The third-order valence-corrected chi connectivity index (χ3v) is 13.9. The van der Waals surface area contributed by atoms with Crippen LogP contribution in [0.5, 0.6) is 11.5 Å². The number of hydrogen-bond acceptors (Lipinski definition) is 16. The molecule has 2 N–H and O–H groups in total. The highest BCUT2D eigenvalue weighted by Crippen LogP contribution is 2.52. The van der Waals surface area contributed by atoms with Gasteiger partial charge in [0.05, 0.1) is 51.8 Å². The molecule has 2 aromatic heterocycles. The maximum absolute atomic E-state index is 14.1. The molecule has 2 unspecified atom stereocenters. The van der Waals surface area contributed by atoms with E-state index in [1.54, 1.807) is 33.2 Å². The molecule has 376 valence electrons. The summed E-state index contributed by atoms with van der Waals surface area (Å²) in [6.07, 6.45) is -0.265. The van der Waals surface area contributed by atoms with Crippen molar-refractivity contribution < 1.29 is 47.1 Å². The standard InChI is InChI=1S/C51H61N8O11P/c1-32(2)59-33(3)42(52)25-26-68-71(59)70-44-27-46(58-48-47(49(62)55-50(54-48)53-31-57(6)7)43(56-58)24-15-36(28-65-34(4)60)29-66-35(5)61)69-45(44)30-67-51(37-13-11-10-12-14-37,38-16-20-40(63-8)21-17-38)39-18-22-41(64-9)23-19-39/h10-14,16-23,31-33,36,44-46,52H,25-30H2,1-9H3,(H,54,55,62)/b52-42?,53-31+/t33?,44-,45-,46-,71?/m1/s1. The number of methoxy groups -OCH3 is 2. The molecule has 0 bridgehead atoms. The first-order chi connectivity index (χ1) is 34.1. The Hall–Kier alpha value is -6.52. The highest BCUT2D eigenvalue weighted by atomic mass is 31.2. The van der Waals surface area contributed by atoms with Gasteiger partial charge in [0.15, 0.2) is 17.6 Å². The summed E-state index contributed by atoms with van der Waals surface area (Å²) in [5, 5.41) is 13.8. The number of rotatable bonds is 18. The van der Waals surface area contributed by atoms with Gasteiger partial charge in [0.1, 0.15) is 41.8 Å². The SMILES string of the molecule is COc1ccc(C(OC[C@H]2O[C@@H](n3nc(C#CC(COC(C)=O)COC(C)=O)c4c(=O)[nH]c(/N=C/N(C)C)nc43)C[C@H]2OP2OCCC(=N)C(C)N2C(C)C)(c2ccccc2)c2ccc(OC)cc2)cc1. The lowest BCUT2D eigenvalue weighted by atomic mass is 9.80. The fourth-order valence-electron chi connectivity index (χ4n) is 8.33. The van der Waals surface area contributed by atoms with E-state index in [1.165, 1.54) is 24.9 Å². The third-order valence-electron chi connectivity index (χ3n) is 11.8. The first-order valence-corrected chi connectivity index (χ1v) is 24.4. The summed E-state index contributed by atoms with van der Waals surface area (Å²) in [6.45, 7) is 8.53. The second kappa shape index (κ2) is 23.6. The Labute approximate surface area is 414 Å².